The molecule has 1 aromatic carbocycles. The Balaban J connectivity index is 1.76. The highest BCUT2D eigenvalue weighted by Gasteiger charge is 2.10. The molecule has 3 rings (SSSR count). The summed E-state index contributed by atoms with van der Waals surface area (Å²) in [7, 11) is 1.68. The number of hydrogen-bond acceptors (Lipinski definition) is 5. The molecule has 0 radical (unpaired) electrons. The minimum atomic E-state index is 0.738. The molecule has 25 heavy (non-hydrogen) atoms. The fraction of sp³-hybridized carbons (Fsp3) is 0.250. The van der Waals surface area contributed by atoms with Crippen LogP contribution < -0.4 is 4.74 Å². The predicted octanol–water partition coefficient (Wildman–Crippen LogP) is 3.39. The van der Waals surface area contributed by atoms with E-state index in [0.717, 1.165) is 36.8 Å². The summed E-state index contributed by atoms with van der Waals surface area (Å²) in [6, 6.07) is 12.3. The van der Waals surface area contributed by atoms with E-state index in [2.05, 4.69) is 32.0 Å². The van der Waals surface area contributed by atoms with Crippen LogP contribution in [-0.2, 0) is 19.6 Å². The molecule has 3 aromatic rings. The van der Waals surface area contributed by atoms with Crippen molar-refractivity contribution >= 4 is 0 Å². The Morgan fingerprint density at radius 2 is 1.52 bits per heavy atom. The molecule has 128 valence electrons. The van der Waals surface area contributed by atoms with E-state index in [1.54, 1.807) is 7.11 Å². The van der Waals surface area contributed by atoms with Gasteiger partial charge in [-0.25, -0.2) is 0 Å². The molecule has 2 aromatic heterocycles. The van der Waals surface area contributed by atoms with Crippen molar-refractivity contribution in [3.05, 3.63) is 83.7 Å². The number of hydrogen-bond donors (Lipinski definition) is 0. The van der Waals surface area contributed by atoms with Crippen LogP contribution in [0.25, 0.3) is 0 Å². The molecule has 0 aliphatic rings. The van der Waals surface area contributed by atoms with Crippen molar-refractivity contribution in [2.45, 2.75) is 26.6 Å². The van der Waals surface area contributed by atoms with Crippen molar-refractivity contribution in [2.75, 3.05) is 7.11 Å². The maximum absolute atomic E-state index is 5.24. The van der Waals surface area contributed by atoms with Gasteiger partial charge in [0.25, 0.3) is 0 Å². The maximum atomic E-state index is 5.24. The number of pyridine rings is 1. The van der Waals surface area contributed by atoms with Crippen molar-refractivity contribution in [3.63, 3.8) is 0 Å². The summed E-state index contributed by atoms with van der Waals surface area (Å²) >= 11 is 0. The Morgan fingerprint density at radius 3 is 2.12 bits per heavy atom. The lowest BCUT2D eigenvalue weighted by Crippen LogP contribution is -2.23. The number of methoxy groups -OCH3 is 1. The summed E-state index contributed by atoms with van der Waals surface area (Å²) in [5, 5.41) is 0. The van der Waals surface area contributed by atoms with Gasteiger partial charge in [-0.1, -0.05) is 12.1 Å². The predicted molar refractivity (Wildman–Crippen MR) is 97.0 cm³/mol. The molecule has 0 saturated carbocycles. The van der Waals surface area contributed by atoms with Crippen molar-refractivity contribution in [1.82, 2.24) is 19.9 Å². The number of nitrogens with zero attached hydrogens (tertiary/aromatic N) is 4. The van der Waals surface area contributed by atoms with E-state index in [1.807, 2.05) is 56.0 Å². The molecule has 0 N–H and O–H groups in total. The van der Waals surface area contributed by atoms with Crippen LogP contribution in [0.2, 0.25) is 0 Å². The lowest BCUT2D eigenvalue weighted by atomic mass is 10.1. The normalized spacial score (nSPS) is 10.8. The lowest BCUT2D eigenvalue weighted by molar-refractivity contribution is 0.244. The number of aryl methyl sites for hydroxylation is 1. The van der Waals surface area contributed by atoms with Gasteiger partial charge >= 0.3 is 0 Å². The average molecular weight is 334 g/mol. The van der Waals surface area contributed by atoms with Gasteiger partial charge in [-0.2, -0.15) is 0 Å². The molecule has 0 amide bonds. The molecule has 0 saturated heterocycles. The second-order valence-corrected chi connectivity index (χ2v) is 6.00. The van der Waals surface area contributed by atoms with Crippen LogP contribution in [0.5, 0.6) is 5.75 Å². The molecule has 0 aliphatic carbocycles. The zero-order valence-electron chi connectivity index (χ0n) is 14.6. The first-order chi connectivity index (χ1) is 12.2. The monoisotopic (exact) mass is 334 g/mol. The highest BCUT2D eigenvalue weighted by atomic mass is 16.5. The summed E-state index contributed by atoms with van der Waals surface area (Å²) in [5.41, 5.74) is 4.35. The highest BCUT2D eigenvalue weighted by Crippen LogP contribution is 2.16. The van der Waals surface area contributed by atoms with Gasteiger partial charge in [-0.05, 0) is 42.3 Å². The smallest absolute Gasteiger partial charge is 0.118 e. The van der Waals surface area contributed by atoms with Crippen molar-refractivity contribution in [3.8, 4) is 5.75 Å². The Labute approximate surface area is 148 Å². The molecule has 0 fully saturated rings. The van der Waals surface area contributed by atoms with E-state index in [1.165, 1.54) is 11.1 Å². The van der Waals surface area contributed by atoms with Crippen LogP contribution in [0.3, 0.4) is 0 Å². The zero-order valence-corrected chi connectivity index (χ0v) is 14.6. The molecule has 5 nitrogen and oxygen atoms in total. The van der Waals surface area contributed by atoms with Gasteiger partial charge in [-0.15, -0.1) is 0 Å². The Morgan fingerprint density at radius 1 is 0.840 bits per heavy atom. The standard InChI is InChI=1S/C20H22N4O/c1-16-11-23-19(12-22-16)15-24(14-18-7-9-21-10-8-18)13-17-3-5-20(25-2)6-4-17/h3-12H,13-15H2,1-2H3. The quantitative estimate of drug-likeness (QED) is 0.663. The summed E-state index contributed by atoms with van der Waals surface area (Å²) < 4.78 is 5.24. The number of aromatic nitrogens is 3. The lowest BCUT2D eigenvalue weighted by Gasteiger charge is -2.22. The summed E-state index contributed by atoms with van der Waals surface area (Å²) in [4.78, 5) is 15.3. The molecular formula is C20H22N4O. The van der Waals surface area contributed by atoms with Crippen LogP contribution in [0, 0.1) is 6.92 Å². The zero-order chi connectivity index (χ0) is 17.5. The molecule has 2 heterocycles. The fourth-order valence-corrected chi connectivity index (χ4v) is 2.63. The molecule has 0 aliphatic heterocycles. The van der Waals surface area contributed by atoms with Gasteiger partial charge < -0.3 is 4.74 Å². The van der Waals surface area contributed by atoms with Crippen LogP contribution in [0.1, 0.15) is 22.5 Å². The highest BCUT2D eigenvalue weighted by molar-refractivity contribution is 5.27. The maximum Gasteiger partial charge on any atom is 0.118 e. The Kier molecular flexibility index (Phi) is 5.69. The minimum absolute atomic E-state index is 0.738. The second kappa shape index (κ2) is 8.35. The first kappa shape index (κ1) is 17.0. The van der Waals surface area contributed by atoms with E-state index in [4.69, 9.17) is 4.74 Å². The van der Waals surface area contributed by atoms with Crippen LogP contribution in [-0.4, -0.2) is 27.0 Å². The number of rotatable bonds is 7. The largest absolute Gasteiger partial charge is 0.497 e. The van der Waals surface area contributed by atoms with Crippen LogP contribution in [0.4, 0.5) is 0 Å². The average Bonchev–Trinajstić information content (AvgIpc) is 2.65. The fourth-order valence-electron chi connectivity index (χ4n) is 2.63. The van der Waals surface area contributed by atoms with E-state index in [0.29, 0.717) is 0 Å². The summed E-state index contributed by atoms with van der Waals surface area (Å²) in [6.45, 7) is 4.33. The van der Waals surface area contributed by atoms with E-state index in [9.17, 15) is 0 Å². The van der Waals surface area contributed by atoms with Gasteiger partial charge in [0.15, 0.2) is 0 Å². The van der Waals surface area contributed by atoms with Crippen molar-refractivity contribution in [2.24, 2.45) is 0 Å². The summed E-state index contributed by atoms with van der Waals surface area (Å²) in [5.74, 6) is 0.869. The molecule has 0 unspecified atom stereocenters. The van der Waals surface area contributed by atoms with Gasteiger partial charge in [0.2, 0.25) is 0 Å². The van der Waals surface area contributed by atoms with Gasteiger partial charge in [0, 0.05) is 44.4 Å². The Bertz CT molecular complexity index is 773. The van der Waals surface area contributed by atoms with E-state index in [-0.39, 0.29) is 0 Å². The van der Waals surface area contributed by atoms with Gasteiger partial charge in [0.05, 0.1) is 18.5 Å². The molecule has 0 bridgehead atoms. The first-order valence-electron chi connectivity index (χ1n) is 8.24. The minimum Gasteiger partial charge on any atom is -0.497 e. The SMILES string of the molecule is COc1ccc(CN(Cc2ccncc2)Cc2cnc(C)cn2)cc1. The van der Waals surface area contributed by atoms with Crippen LogP contribution in [0.15, 0.2) is 61.2 Å². The van der Waals surface area contributed by atoms with Crippen molar-refractivity contribution in [1.29, 1.82) is 0 Å². The number of benzene rings is 1. The number of ether oxygens (including phenoxy) is 1. The third kappa shape index (κ3) is 5.09. The molecule has 0 spiro atoms. The van der Waals surface area contributed by atoms with E-state index >= 15 is 0 Å². The summed E-state index contributed by atoms with van der Waals surface area (Å²) in [6.07, 6.45) is 7.31. The van der Waals surface area contributed by atoms with Gasteiger partial charge in [0.1, 0.15) is 5.75 Å². The van der Waals surface area contributed by atoms with Crippen LogP contribution >= 0.6 is 0 Å². The molecule has 0 atom stereocenters. The third-order valence-corrected chi connectivity index (χ3v) is 3.94. The molecular weight excluding hydrogens is 312 g/mol. The first-order valence-corrected chi connectivity index (χ1v) is 8.24. The van der Waals surface area contributed by atoms with Crippen molar-refractivity contribution < 1.29 is 4.74 Å². The van der Waals surface area contributed by atoms with Gasteiger partial charge in [-0.3, -0.25) is 19.9 Å². The topological polar surface area (TPSA) is 51.1 Å². The second-order valence-electron chi connectivity index (χ2n) is 6.00. The third-order valence-electron chi connectivity index (χ3n) is 3.94. The molecule has 5 heteroatoms. The van der Waals surface area contributed by atoms with E-state index < -0.39 is 0 Å². The Hall–Kier alpha value is -2.79.